The zero-order valence-electron chi connectivity index (χ0n) is 18.7. The van der Waals surface area contributed by atoms with Gasteiger partial charge in [-0.05, 0) is 41.8 Å². The van der Waals surface area contributed by atoms with Gasteiger partial charge in [-0.15, -0.1) is 0 Å². The number of nitrogens with zero attached hydrogens (tertiary/aromatic N) is 1. The van der Waals surface area contributed by atoms with Crippen molar-refractivity contribution in [3.63, 3.8) is 0 Å². The SMILES string of the molecule is Nc1ccc(-c2ccccc2)nc1NC(=O)c1ccc(CNC(=O)CCc2ccccc2)cc1. The molecule has 4 N–H and O–H groups in total. The molecule has 4 rings (SSSR count). The Hall–Kier alpha value is -4.45. The molecule has 4 aromatic rings. The van der Waals surface area contributed by atoms with E-state index in [0.717, 1.165) is 22.4 Å². The van der Waals surface area contributed by atoms with Crippen LogP contribution in [0.1, 0.15) is 27.9 Å². The molecular formula is C28H26N4O2. The van der Waals surface area contributed by atoms with Gasteiger partial charge in [-0.25, -0.2) is 4.98 Å². The van der Waals surface area contributed by atoms with Crippen LogP contribution in [-0.2, 0) is 17.8 Å². The molecular weight excluding hydrogens is 424 g/mol. The van der Waals surface area contributed by atoms with Crippen molar-refractivity contribution in [2.24, 2.45) is 0 Å². The fourth-order valence-corrected chi connectivity index (χ4v) is 3.48. The second kappa shape index (κ2) is 10.9. The number of carbonyl (C=O) groups is 2. The van der Waals surface area contributed by atoms with Gasteiger partial charge in [-0.2, -0.15) is 0 Å². The van der Waals surface area contributed by atoms with Gasteiger partial charge in [0.1, 0.15) is 0 Å². The van der Waals surface area contributed by atoms with Crippen LogP contribution < -0.4 is 16.4 Å². The average Bonchev–Trinajstić information content (AvgIpc) is 2.89. The summed E-state index contributed by atoms with van der Waals surface area (Å²) < 4.78 is 0. The maximum absolute atomic E-state index is 12.7. The quantitative estimate of drug-likeness (QED) is 0.358. The topological polar surface area (TPSA) is 97.1 Å². The molecule has 1 aromatic heterocycles. The molecule has 34 heavy (non-hydrogen) atoms. The molecule has 0 saturated heterocycles. The Morgan fingerprint density at radius 3 is 2.15 bits per heavy atom. The second-order valence-electron chi connectivity index (χ2n) is 7.91. The minimum atomic E-state index is -0.303. The molecule has 6 heteroatoms. The maximum Gasteiger partial charge on any atom is 0.256 e. The lowest BCUT2D eigenvalue weighted by atomic mass is 10.1. The summed E-state index contributed by atoms with van der Waals surface area (Å²) in [6.45, 7) is 0.406. The third-order valence-electron chi connectivity index (χ3n) is 5.42. The predicted molar refractivity (Wildman–Crippen MR) is 135 cm³/mol. The largest absolute Gasteiger partial charge is 0.396 e. The molecule has 2 amide bonds. The van der Waals surface area contributed by atoms with Gasteiger partial charge in [0.25, 0.3) is 5.91 Å². The van der Waals surface area contributed by atoms with Crippen molar-refractivity contribution in [1.82, 2.24) is 10.3 Å². The Labute approximate surface area is 198 Å². The number of hydrogen-bond donors (Lipinski definition) is 3. The minimum Gasteiger partial charge on any atom is -0.396 e. The lowest BCUT2D eigenvalue weighted by Gasteiger charge is -2.10. The first-order chi connectivity index (χ1) is 16.6. The normalized spacial score (nSPS) is 10.5. The number of pyridine rings is 1. The van der Waals surface area contributed by atoms with Crippen LogP contribution in [0.5, 0.6) is 0 Å². The number of nitrogen functional groups attached to an aromatic ring is 1. The number of aryl methyl sites for hydroxylation is 1. The van der Waals surface area contributed by atoms with Crippen LogP contribution in [-0.4, -0.2) is 16.8 Å². The molecule has 0 bridgehead atoms. The number of aromatic nitrogens is 1. The average molecular weight is 451 g/mol. The van der Waals surface area contributed by atoms with Gasteiger partial charge >= 0.3 is 0 Å². The molecule has 0 aliphatic rings. The zero-order valence-corrected chi connectivity index (χ0v) is 18.7. The van der Waals surface area contributed by atoms with Crippen molar-refractivity contribution in [2.45, 2.75) is 19.4 Å². The Kier molecular flexibility index (Phi) is 7.30. The van der Waals surface area contributed by atoms with Crippen LogP contribution in [0.25, 0.3) is 11.3 Å². The molecule has 0 saturated carbocycles. The van der Waals surface area contributed by atoms with Gasteiger partial charge in [-0.1, -0.05) is 72.8 Å². The predicted octanol–water partition coefficient (Wildman–Crippen LogP) is 4.83. The number of carbonyl (C=O) groups excluding carboxylic acids is 2. The van der Waals surface area contributed by atoms with E-state index in [-0.39, 0.29) is 11.8 Å². The van der Waals surface area contributed by atoms with Crippen LogP contribution >= 0.6 is 0 Å². The number of hydrogen-bond acceptors (Lipinski definition) is 4. The summed E-state index contributed by atoms with van der Waals surface area (Å²) in [5.74, 6) is 0.00878. The lowest BCUT2D eigenvalue weighted by molar-refractivity contribution is -0.121. The molecule has 0 aliphatic heterocycles. The van der Waals surface area contributed by atoms with Crippen LogP contribution in [0, 0.1) is 0 Å². The number of amides is 2. The fourth-order valence-electron chi connectivity index (χ4n) is 3.48. The Morgan fingerprint density at radius 2 is 1.44 bits per heavy atom. The van der Waals surface area contributed by atoms with Crippen molar-refractivity contribution in [1.29, 1.82) is 0 Å². The Balaban J connectivity index is 1.32. The smallest absolute Gasteiger partial charge is 0.256 e. The van der Waals surface area contributed by atoms with Crippen LogP contribution in [0.15, 0.2) is 97.1 Å². The highest BCUT2D eigenvalue weighted by Crippen LogP contribution is 2.23. The van der Waals surface area contributed by atoms with E-state index in [1.54, 1.807) is 18.2 Å². The summed E-state index contributed by atoms with van der Waals surface area (Å²) >= 11 is 0. The molecule has 0 aliphatic carbocycles. The monoisotopic (exact) mass is 450 g/mol. The summed E-state index contributed by atoms with van der Waals surface area (Å²) in [5, 5.41) is 5.71. The number of benzene rings is 3. The second-order valence-corrected chi connectivity index (χ2v) is 7.91. The number of anilines is 2. The van der Waals surface area contributed by atoms with Crippen LogP contribution in [0.3, 0.4) is 0 Å². The first-order valence-corrected chi connectivity index (χ1v) is 11.1. The highest BCUT2D eigenvalue weighted by molar-refractivity contribution is 6.05. The van der Waals surface area contributed by atoms with Gasteiger partial charge in [0.2, 0.25) is 5.91 Å². The zero-order chi connectivity index (χ0) is 23.8. The van der Waals surface area contributed by atoms with Crippen molar-refractivity contribution in [3.8, 4) is 11.3 Å². The van der Waals surface area contributed by atoms with E-state index in [1.165, 1.54) is 0 Å². The summed E-state index contributed by atoms with van der Waals surface area (Å²) in [6, 6.07) is 30.2. The van der Waals surface area contributed by atoms with Crippen molar-refractivity contribution < 1.29 is 9.59 Å². The number of rotatable bonds is 8. The van der Waals surface area contributed by atoms with Gasteiger partial charge in [-0.3, -0.25) is 9.59 Å². The minimum absolute atomic E-state index is 0.00878. The third-order valence-corrected chi connectivity index (χ3v) is 5.42. The third kappa shape index (κ3) is 6.07. The van der Waals surface area contributed by atoms with Gasteiger partial charge in [0.15, 0.2) is 5.82 Å². The highest BCUT2D eigenvalue weighted by Gasteiger charge is 2.11. The van der Waals surface area contributed by atoms with E-state index in [9.17, 15) is 9.59 Å². The van der Waals surface area contributed by atoms with E-state index in [1.807, 2.05) is 78.9 Å². The molecule has 0 unspecified atom stereocenters. The molecule has 6 nitrogen and oxygen atoms in total. The fraction of sp³-hybridized carbons (Fsp3) is 0.107. The molecule has 0 atom stereocenters. The van der Waals surface area contributed by atoms with Crippen molar-refractivity contribution in [2.75, 3.05) is 11.1 Å². The van der Waals surface area contributed by atoms with E-state index in [0.29, 0.717) is 36.5 Å². The summed E-state index contributed by atoms with van der Waals surface area (Å²) in [6.07, 6.45) is 1.13. The molecule has 1 heterocycles. The van der Waals surface area contributed by atoms with E-state index in [4.69, 9.17) is 5.73 Å². The molecule has 170 valence electrons. The highest BCUT2D eigenvalue weighted by atomic mass is 16.2. The van der Waals surface area contributed by atoms with Crippen molar-refractivity contribution >= 4 is 23.3 Å². The van der Waals surface area contributed by atoms with E-state index in [2.05, 4.69) is 15.6 Å². The van der Waals surface area contributed by atoms with E-state index >= 15 is 0 Å². The molecule has 0 fully saturated rings. The lowest BCUT2D eigenvalue weighted by Crippen LogP contribution is -2.23. The van der Waals surface area contributed by atoms with Crippen LogP contribution in [0.2, 0.25) is 0 Å². The summed E-state index contributed by atoms with van der Waals surface area (Å²) in [5.41, 5.74) is 10.6. The number of nitrogens with two attached hydrogens (primary N) is 1. The summed E-state index contributed by atoms with van der Waals surface area (Å²) in [7, 11) is 0. The molecule has 3 aromatic carbocycles. The number of nitrogens with one attached hydrogen (secondary N) is 2. The van der Waals surface area contributed by atoms with Crippen LogP contribution in [0.4, 0.5) is 11.5 Å². The van der Waals surface area contributed by atoms with Gasteiger partial charge in [0, 0.05) is 24.1 Å². The Bertz CT molecular complexity index is 1260. The standard InChI is InChI=1S/C28H26N4O2/c29-24-16-17-25(22-9-5-2-6-10-22)31-27(24)32-28(34)23-14-11-21(12-15-23)19-30-26(33)18-13-20-7-3-1-4-8-20/h1-12,14-17H,13,18-19,29H2,(H,30,33)(H,31,32,34). The maximum atomic E-state index is 12.7. The van der Waals surface area contributed by atoms with Gasteiger partial charge in [0.05, 0.1) is 11.4 Å². The van der Waals surface area contributed by atoms with E-state index < -0.39 is 0 Å². The summed E-state index contributed by atoms with van der Waals surface area (Å²) in [4.78, 5) is 29.4. The van der Waals surface area contributed by atoms with Gasteiger partial charge < -0.3 is 16.4 Å². The van der Waals surface area contributed by atoms with Crippen molar-refractivity contribution in [3.05, 3.63) is 114 Å². The first kappa shape index (κ1) is 22.7. The first-order valence-electron chi connectivity index (χ1n) is 11.1. The molecule has 0 spiro atoms. The molecule has 0 radical (unpaired) electrons. The Morgan fingerprint density at radius 1 is 0.765 bits per heavy atom.